The molecule has 0 radical (unpaired) electrons. The molecule has 2 aromatic carbocycles. The van der Waals surface area contributed by atoms with Crippen molar-refractivity contribution in [2.75, 3.05) is 19.1 Å². The summed E-state index contributed by atoms with van der Waals surface area (Å²) in [6.07, 6.45) is 6.52. The van der Waals surface area contributed by atoms with Gasteiger partial charge in [-0.2, -0.15) is 0 Å². The lowest BCUT2D eigenvalue weighted by Gasteiger charge is -2.24. The van der Waals surface area contributed by atoms with Crippen molar-refractivity contribution in [3.63, 3.8) is 0 Å². The fourth-order valence-electron chi connectivity index (χ4n) is 2.82. The number of phenolic OH excluding ortho intramolecular Hbond substituents is 1. The maximum Gasteiger partial charge on any atom is 0.355 e. The summed E-state index contributed by atoms with van der Waals surface area (Å²) < 4.78 is 9.71. The SMILES string of the molecule is COC(=O)C1=C(C(=O)OC)N(c2cccc3cc(O)ccc23)C=CC=C1. The highest BCUT2D eigenvalue weighted by molar-refractivity contribution is 6.07. The summed E-state index contributed by atoms with van der Waals surface area (Å²) in [5.41, 5.74) is 0.786. The van der Waals surface area contributed by atoms with Crippen LogP contribution in [0, 0.1) is 0 Å². The highest BCUT2D eigenvalue weighted by Gasteiger charge is 2.28. The second kappa shape index (κ2) is 7.14. The van der Waals surface area contributed by atoms with Crippen LogP contribution in [0.2, 0.25) is 0 Å². The minimum absolute atomic E-state index is 0.0462. The summed E-state index contributed by atoms with van der Waals surface area (Å²) in [7, 11) is 2.50. The Morgan fingerprint density at radius 1 is 1.00 bits per heavy atom. The molecule has 26 heavy (non-hydrogen) atoms. The molecule has 3 rings (SSSR count). The molecule has 0 spiro atoms. The molecule has 1 aliphatic heterocycles. The number of hydrogen-bond acceptors (Lipinski definition) is 6. The van der Waals surface area contributed by atoms with Crippen LogP contribution in [0.3, 0.4) is 0 Å². The first-order valence-electron chi connectivity index (χ1n) is 7.83. The van der Waals surface area contributed by atoms with Gasteiger partial charge in [-0.25, -0.2) is 9.59 Å². The second-order valence-electron chi connectivity index (χ2n) is 5.50. The van der Waals surface area contributed by atoms with Gasteiger partial charge < -0.3 is 19.5 Å². The van der Waals surface area contributed by atoms with E-state index in [1.807, 2.05) is 12.1 Å². The zero-order valence-electron chi connectivity index (χ0n) is 14.3. The molecule has 6 heteroatoms. The Balaban J connectivity index is 2.28. The number of carbonyl (C=O) groups is 2. The van der Waals surface area contributed by atoms with Crippen molar-refractivity contribution in [1.29, 1.82) is 0 Å². The molecule has 0 saturated heterocycles. The van der Waals surface area contributed by atoms with Gasteiger partial charge >= 0.3 is 11.9 Å². The average molecular weight is 351 g/mol. The quantitative estimate of drug-likeness (QED) is 0.857. The van der Waals surface area contributed by atoms with E-state index in [0.717, 1.165) is 10.8 Å². The number of phenols is 1. The Bertz CT molecular complexity index is 971. The van der Waals surface area contributed by atoms with Gasteiger partial charge in [0, 0.05) is 11.6 Å². The van der Waals surface area contributed by atoms with Gasteiger partial charge in [0.25, 0.3) is 0 Å². The molecule has 2 aromatic rings. The van der Waals surface area contributed by atoms with Gasteiger partial charge in [0.15, 0.2) is 0 Å². The number of ether oxygens (including phenoxy) is 2. The van der Waals surface area contributed by atoms with Crippen LogP contribution in [0.15, 0.2) is 72.1 Å². The lowest BCUT2D eigenvalue weighted by Crippen LogP contribution is -2.27. The van der Waals surface area contributed by atoms with E-state index in [4.69, 9.17) is 9.47 Å². The monoisotopic (exact) mass is 351 g/mol. The zero-order chi connectivity index (χ0) is 18.7. The largest absolute Gasteiger partial charge is 0.508 e. The van der Waals surface area contributed by atoms with Crippen LogP contribution in [0.4, 0.5) is 5.69 Å². The summed E-state index contributed by atoms with van der Waals surface area (Å²) >= 11 is 0. The Morgan fingerprint density at radius 2 is 1.77 bits per heavy atom. The van der Waals surface area contributed by atoms with Gasteiger partial charge in [-0.3, -0.25) is 0 Å². The highest BCUT2D eigenvalue weighted by atomic mass is 16.5. The maximum absolute atomic E-state index is 12.5. The molecular formula is C20H17NO5. The third-order valence-electron chi connectivity index (χ3n) is 3.99. The summed E-state index contributed by atoms with van der Waals surface area (Å²) in [6.45, 7) is 0. The molecule has 1 aliphatic rings. The van der Waals surface area contributed by atoms with Gasteiger partial charge in [-0.05, 0) is 41.8 Å². The van der Waals surface area contributed by atoms with Gasteiger partial charge in [0.1, 0.15) is 11.4 Å². The molecule has 0 unspecified atom stereocenters. The number of aromatic hydroxyl groups is 1. The number of anilines is 1. The summed E-state index contributed by atoms with van der Waals surface area (Å²) in [6, 6.07) is 10.4. The van der Waals surface area contributed by atoms with E-state index in [2.05, 4.69) is 0 Å². The first-order chi connectivity index (χ1) is 12.6. The van der Waals surface area contributed by atoms with Crippen molar-refractivity contribution in [2.24, 2.45) is 0 Å². The van der Waals surface area contributed by atoms with E-state index in [0.29, 0.717) is 5.69 Å². The fourth-order valence-corrected chi connectivity index (χ4v) is 2.82. The number of fused-ring (bicyclic) bond motifs is 1. The average Bonchev–Trinajstić information content (AvgIpc) is 2.88. The molecule has 0 aromatic heterocycles. The summed E-state index contributed by atoms with van der Waals surface area (Å²) in [5.74, 6) is -1.17. The van der Waals surface area contributed by atoms with E-state index in [1.165, 1.54) is 20.3 Å². The molecule has 6 nitrogen and oxygen atoms in total. The molecule has 0 amide bonds. The number of esters is 2. The Hall–Kier alpha value is -3.54. The molecule has 132 valence electrons. The van der Waals surface area contributed by atoms with E-state index >= 15 is 0 Å². The van der Waals surface area contributed by atoms with Crippen molar-refractivity contribution < 1.29 is 24.2 Å². The molecule has 1 N–H and O–H groups in total. The lowest BCUT2D eigenvalue weighted by atomic mass is 10.1. The van der Waals surface area contributed by atoms with Crippen molar-refractivity contribution >= 4 is 28.4 Å². The smallest absolute Gasteiger partial charge is 0.355 e. The van der Waals surface area contributed by atoms with E-state index in [-0.39, 0.29) is 17.0 Å². The minimum atomic E-state index is -0.669. The van der Waals surface area contributed by atoms with Gasteiger partial charge in [-0.1, -0.05) is 18.2 Å². The normalized spacial score (nSPS) is 13.7. The molecule has 0 bridgehead atoms. The van der Waals surface area contributed by atoms with Gasteiger partial charge in [0.05, 0.1) is 25.5 Å². The number of allylic oxidation sites excluding steroid dienone is 2. The van der Waals surface area contributed by atoms with Crippen LogP contribution in [0.1, 0.15) is 0 Å². The minimum Gasteiger partial charge on any atom is -0.508 e. The molecule has 0 aliphatic carbocycles. The lowest BCUT2D eigenvalue weighted by molar-refractivity contribution is -0.139. The predicted octanol–water partition coefficient (Wildman–Crippen LogP) is 3.04. The first-order valence-corrected chi connectivity index (χ1v) is 7.83. The number of benzene rings is 2. The van der Waals surface area contributed by atoms with Crippen molar-refractivity contribution in [3.05, 3.63) is 72.1 Å². The summed E-state index contributed by atoms with van der Waals surface area (Å²) in [4.78, 5) is 26.3. The van der Waals surface area contributed by atoms with Crippen LogP contribution < -0.4 is 4.90 Å². The van der Waals surface area contributed by atoms with E-state index < -0.39 is 11.9 Å². The Morgan fingerprint density at radius 3 is 2.50 bits per heavy atom. The van der Waals surface area contributed by atoms with Crippen molar-refractivity contribution in [1.82, 2.24) is 0 Å². The summed E-state index contributed by atoms with van der Waals surface area (Å²) in [5, 5.41) is 11.3. The third kappa shape index (κ3) is 3.04. The topological polar surface area (TPSA) is 76.1 Å². The van der Waals surface area contributed by atoms with Gasteiger partial charge in [-0.15, -0.1) is 0 Å². The van der Waals surface area contributed by atoms with Crippen LogP contribution in [-0.2, 0) is 19.1 Å². The predicted molar refractivity (Wildman–Crippen MR) is 97.4 cm³/mol. The van der Waals surface area contributed by atoms with Crippen LogP contribution in [-0.4, -0.2) is 31.3 Å². The zero-order valence-corrected chi connectivity index (χ0v) is 14.3. The fraction of sp³-hybridized carbons (Fsp3) is 0.100. The Labute approximate surface area is 150 Å². The standard InChI is InChI=1S/C20H17NO5/c1-25-19(23)16-7-3-4-11-21(18(16)20(24)26-2)17-8-5-6-13-12-14(22)9-10-15(13)17/h3-12,22H,1-2H3. The number of nitrogens with zero attached hydrogens (tertiary/aromatic N) is 1. The highest BCUT2D eigenvalue weighted by Crippen LogP contribution is 2.33. The maximum atomic E-state index is 12.5. The first kappa shape index (κ1) is 17.3. The van der Waals surface area contributed by atoms with Crippen LogP contribution in [0.25, 0.3) is 10.8 Å². The van der Waals surface area contributed by atoms with Crippen LogP contribution >= 0.6 is 0 Å². The molecular weight excluding hydrogens is 334 g/mol. The Kier molecular flexibility index (Phi) is 4.75. The number of methoxy groups -OCH3 is 2. The third-order valence-corrected chi connectivity index (χ3v) is 3.99. The number of rotatable bonds is 3. The molecule has 0 atom stereocenters. The van der Waals surface area contributed by atoms with Crippen LogP contribution in [0.5, 0.6) is 5.75 Å². The van der Waals surface area contributed by atoms with E-state index in [1.54, 1.807) is 47.5 Å². The number of hydrogen-bond donors (Lipinski definition) is 1. The number of carbonyl (C=O) groups excluding carboxylic acids is 2. The van der Waals surface area contributed by atoms with Gasteiger partial charge in [0.2, 0.25) is 0 Å². The van der Waals surface area contributed by atoms with E-state index in [9.17, 15) is 14.7 Å². The molecule has 1 heterocycles. The molecule has 0 fully saturated rings. The van der Waals surface area contributed by atoms with Crippen molar-refractivity contribution in [3.8, 4) is 5.75 Å². The van der Waals surface area contributed by atoms with Crippen molar-refractivity contribution in [2.45, 2.75) is 0 Å². The second-order valence-corrected chi connectivity index (χ2v) is 5.50. The molecule has 0 saturated carbocycles.